The van der Waals surface area contributed by atoms with Crippen molar-refractivity contribution in [3.8, 4) is 0 Å². The topological polar surface area (TPSA) is 64.3 Å². The van der Waals surface area contributed by atoms with Crippen LogP contribution in [0.2, 0.25) is 0 Å². The monoisotopic (exact) mass is 228 g/mol. The molecule has 0 aromatic heterocycles. The molecule has 1 aliphatic rings. The zero-order valence-corrected chi connectivity index (χ0v) is 10.2. The summed E-state index contributed by atoms with van der Waals surface area (Å²) >= 11 is 0. The quantitative estimate of drug-likeness (QED) is 0.714. The van der Waals surface area contributed by atoms with Crippen LogP contribution in [0.25, 0.3) is 0 Å². The lowest BCUT2D eigenvalue weighted by molar-refractivity contribution is -0.122. The normalized spacial score (nSPS) is 22.8. The van der Waals surface area contributed by atoms with E-state index in [0.717, 1.165) is 25.9 Å². The van der Waals surface area contributed by atoms with Gasteiger partial charge < -0.3 is 15.8 Å². The molecule has 16 heavy (non-hydrogen) atoms. The summed E-state index contributed by atoms with van der Waals surface area (Å²) in [5, 5.41) is 2.90. The highest BCUT2D eigenvalue weighted by atomic mass is 16.5. The molecule has 4 nitrogen and oxygen atoms in total. The van der Waals surface area contributed by atoms with Gasteiger partial charge in [0.15, 0.2) is 0 Å². The lowest BCUT2D eigenvalue weighted by Gasteiger charge is -2.22. The van der Waals surface area contributed by atoms with Crippen LogP contribution in [0.1, 0.15) is 39.0 Å². The Kier molecular flexibility index (Phi) is 6.42. The Bertz CT molecular complexity index is 203. The second kappa shape index (κ2) is 7.63. The van der Waals surface area contributed by atoms with E-state index in [4.69, 9.17) is 10.5 Å². The van der Waals surface area contributed by atoms with Gasteiger partial charge in [-0.25, -0.2) is 0 Å². The lowest BCUT2D eigenvalue weighted by Crippen LogP contribution is -2.32. The van der Waals surface area contributed by atoms with Crippen LogP contribution in [0.15, 0.2) is 0 Å². The van der Waals surface area contributed by atoms with Crippen LogP contribution in [0.4, 0.5) is 0 Å². The van der Waals surface area contributed by atoms with Gasteiger partial charge in [-0.2, -0.15) is 0 Å². The summed E-state index contributed by atoms with van der Waals surface area (Å²) in [7, 11) is 0. The Morgan fingerprint density at radius 1 is 1.56 bits per heavy atom. The van der Waals surface area contributed by atoms with Crippen molar-refractivity contribution in [1.29, 1.82) is 0 Å². The first-order chi connectivity index (χ1) is 7.72. The highest BCUT2D eigenvalue weighted by molar-refractivity contribution is 5.75. The molecule has 1 fully saturated rings. The summed E-state index contributed by atoms with van der Waals surface area (Å²) in [6.45, 7) is 4.19. The van der Waals surface area contributed by atoms with Crippen LogP contribution in [-0.2, 0) is 9.53 Å². The first-order valence-corrected chi connectivity index (χ1v) is 6.30. The van der Waals surface area contributed by atoms with Gasteiger partial charge in [-0.3, -0.25) is 4.79 Å². The molecule has 0 saturated carbocycles. The SMILES string of the molecule is CC(CN)CNC(=O)CCC1CCCCO1. The third-order valence-corrected chi connectivity index (χ3v) is 3.02. The minimum atomic E-state index is 0.120. The van der Waals surface area contributed by atoms with E-state index in [0.29, 0.717) is 31.5 Å². The van der Waals surface area contributed by atoms with Crippen LogP contribution in [0.5, 0.6) is 0 Å². The fraction of sp³-hybridized carbons (Fsp3) is 0.917. The van der Waals surface area contributed by atoms with Crippen molar-refractivity contribution in [2.75, 3.05) is 19.7 Å². The zero-order valence-electron chi connectivity index (χ0n) is 10.2. The van der Waals surface area contributed by atoms with E-state index in [1.54, 1.807) is 0 Å². The second-order valence-electron chi connectivity index (χ2n) is 4.67. The molecule has 2 atom stereocenters. The maximum atomic E-state index is 11.5. The van der Waals surface area contributed by atoms with Crippen LogP contribution in [0, 0.1) is 5.92 Å². The predicted molar refractivity (Wildman–Crippen MR) is 64.1 cm³/mol. The maximum Gasteiger partial charge on any atom is 0.220 e. The van der Waals surface area contributed by atoms with E-state index in [9.17, 15) is 4.79 Å². The molecule has 0 spiro atoms. The maximum absolute atomic E-state index is 11.5. The van der Waals surface area contributed by atoms with Crippen molar-refractivity contribution in [3.63, 3.8) is 0 Å². The van der Waals surface area contributed by atoms with Gasteiger partial charge in [0.1, 0.15) is 0 Å². The van der Waals surface area contributed by atoms with E-state index >= 15 is 0 Å². The summed E-state index contributed by atoms with van der Waals surface area (Å²) in [5.41, 5.74) is 5.48. The largest absolute Gasteiger partial charge is 0.378 e. The number of amides is 1. The highest BCUT2D eigenvalue weighted by Gasteiger charge is 2.15. The molecule has 1 rings (SSSR count). The van der Waals surface area contributed by atoms with E-state index < -0.39 is 0 Å². The number of hydrogen-bond donors (Lipinski definition) is 2. The lowest BCUT2D eigenvalue weighted by atomic mass is 10.0. The molecule has 1 saturated heterocycles. The first kappa shape index (κ1) is 13.5. The standard InChI is InChI=1S/C12H24N2O2/c1-10(8-13)9-14-12(15)6-5-11-4-2-3-7-16-11/h10-11H,2-9,13H2,1H3,(H,14,15). The smallest absolute Gasteiger partial charge is 0.220 e. The van der Waals surface area contributed by atoms with E-state index in [1.807, 2.05) is 6.92 Å². The molecule has 3 N–H and O–H groups in total. The summed E-state index contributed by atoms with van der Waals surface area (Å²) in [6, 6.07) is 0. The number of carbonyl (C=O) groups excluding carboxylic acids is 1. The Hall–Kier alpha value is -0.610. The number of ether oxygens (including phenoxy) is 1. The first-order valence-electron chi connectivity index (χ1n) is 6.30. The molecule has 1 amide bonds. The average Bonchev–Trinajstić information content (AvgIpc) is 2.34. The van der Waals surface area contributed by atoms with Crippen LogP contribution in [0.3, 0.4) is 0 Å². The summed E-state index contributed by atoms with van der Waals surface area (Å²) in [5.74, 6) is 0.476. The molecule has 0 bridgehead atoms. The zero-order chi connectivity index (χ0) is 11.8. The fourth-order valence-corrected chi connectivity index (χ4v) is 1.79. The van der Waals surface area contributed by atoms with Crippen molar-refractivity contribution in [2.45, 2.75) is 45.1 Å². The fourth-order valence-electron chi connectivity index (χ4n) is 1.79. The average molecular weight is 228 g/mol. The van der Waals surface area contributed by atoms with Gasteiger partial charge in [-0.05, 0) is 38.1 Å². The van der Waals surface area contributed by atoms with E-state index in [1.165, 1.54) is 6.42 Å². The van der Waals surface area contributed by atoms with Gasteiger partial charge in [0.05, 0.1) is 6.10 Å². The number of carbonyl (C=O) groups is 1. The second-order valence-corrected chi connectivity index (χ2v) is 4.67. The molecule has 1 heterocycles. The molecule has 0 aromatic carbocycles. The Morgan fingerprint density at radius 2 is 2.38 bits per heavy atom. The summed E-state index contributed by atoms with van der Waals surface area (Å²) in [4.78, 5) is 11.5. The third-order valence-electron chi connectivity index (χ3n) is 3.02. The summed E-state index contributed by atoms with van der Waals surface area (Å²) < 4.78 is 5.58. The van der Waals surface area contributed by atoms with Gasteiger partial charge in [0, 0.05) is 19.6 Å². The van der Waals surface area contributed by atoms with Crippen molar-refractivity contribution < 1.29 is 9.53 Å². The Morgan fingerprint density at radius 3 is 3.00 bits per heavy atom. The summed E-state index contributed by atoms with van der Waals surface area (Å²) in [6.07, 6.45) is 5.22. The van der Waals surface area contributed by atoms with Gasteiger partial charge in [0.2, 0.25) is 5.91 Å². The van der Waals surface area contributed by atoms with E-state index in [2.05, 4.69) is 5.32 Å². The minimum absolute atomic E-state index is 0.120. The molecule has 94 valence electrons. The van der Waals surface area contributed by atoms with Crippen molar-refractivity contribution in [2.24, 2.45) is 11.7 Å². The molecular formula is C12H24N2O2. The van der Waals surface area contributed by atoms with Gasteiger partial charge in [0.25, 0.3) is 0 Å². The molecule has 4 heteroatoms. The van der Waals surface area contributed by atoms with Crippen LogP contribution >= 0.6 is 0 Å². The Balaban J connectivity index is 2.05. The molecule has 0 aromatic rings. The predicted octanol–water partition coefficient (Wildman–Crippen LogP) is 1.05. The molecule has 2 unspecified atom stereocenters. The van der Waals surface area contributed by atoms with Crippen molar-refractivity contribution in [1.82, 2.24) is 5.32 Å². The number of nitrogens with one attached hydrogen (secondary N) is 1. The van der Waals surface area contributed by atoms with Crippen molar-refractivity contribution in [3.05, 3.63) is 0 Å². The molecule has 1 aliphatic heterocycles. The minimum Gasteiger partial charge on any atom is -0.378 e. The number of rotatable bonds is 6. The van der Waals surface area contributed by atoms with Crippen LogP contribution in [-0.4, -0.2) is 31.7 Å². The third kappa shape index (κ3) is 5.47. The molecule has 0 radical (unpaired) electrons. The highest BCUT2D eigenvalue weighted by Crippen LogP contribution is 2.16. The number of nitrogens with two attached hydrogens (primary N) is 1. The molecule has 0 aliphatic carbocycles. The van der Waals surface area contributed by atoms with E-state index in [-0.39, 0.29) is 5.91 Å². The molecular weight excluding hydrogens is 204 g/mol. The van der Waals surface area contributed by atoms with Crippen LogP contribution < -0.4 is 11.1 Å². The van der Waals surface area contributed by atoms with Gasteiger partial charge in [-0.15, -0.1) is 0 Å². The Labute approximate surface area is 97.9 Å². The number of hydrogen-bond acceptors (Lipinski definition) is 3. The van der Waals surface area contributed by atoms with Gasteiger partial charge >= 0.3 is 0 Å². The van der Waals surface area contributed by atoms with Gasteiger partial charge in [-0.1, -0.05) is 6.92 Å². The van der Waals surface area contributed by atoms with Crippen molar-refractivity contribution >= 4 is 5.91 Å².